The van der Waals surface area contributed by atoms with Crippen LogP contribution in [0.25, 0.3) is 11.0 Å². The van der Waals surface area contributed by atoms with Gasteiger partial charge in [-0.3, -0.25) is 44.3 Å². The zero-order chi connectivity index (χ0) is 48.7. The molecule has 2 aliphatic heterocycles. The lowest BCUT2D eigenvalue weighted by Crippen LogP contribution is -2.60. The molecule has 3 aromatic rings. The highest BCUT2D eigenvalue weighted by Gasteiger charge is 2.43. The van der Waals surface area contributed by atoms with Gasteiger partial charge in [-0.15, -0.1) is 0 Å². The Morgan fingerprint density at radius 1 is 0.882 bits per heavy atom. The first kappa shape index (κ1) is 50.8. The van der Waals surface area contributed by atoms with E-state index in [1.54, 1.807) is 48.8 Å². The number of amides is 6. The van der Waals surface area contributed by atoms with Gasteiger partial charge in [0.2, 0.25) is 35.4 Å². The number of hydrogen-bond donors (Lipinski definition) is 13. The number of nitrogens with one attached hydrogen (secondary N) is 9. The Morgan fingerprint density at radius 2 is 1.60 bits per heavy atom. The Bertz CT molecular complexity index is 2250. The number of aromatic amines is 1. The van der Waals surface area contributed by atoms with Crippen molar-refractivity contribution < 1.29 is 48.9 Å². The van der Waals surface area contributed by atoms with Crippen LogP contribution in [0, 0.1) is 11.3 Å². The third-order valence-corrected chi connectivity index (χ3v) is 12.8. The number of guanidine groups is 1. The highest BCUT2D eigenvalue weighted by atomic mass is 16.4. The second kappa shape index (κ2) is 24.4. The monoisotopic (exact) mass is 944 g/mol. The van der Waals surface area contributed by atoms with Crippen molar-refractivity contribution in [3.05, 3.63) is 66.0 Å². The Balaban J connectivity index is 1.33. The van der Waals surface area contributed by atoms with E-state index >= 15 is 0 Å². The summed E-state index contributed by atoms with van der Waals surface area (Å²) < 4.78 is 0. The molecule has 2 saturated heterocycles. The number of nitrogens with zero attached hydrogens (tertiary/aromatic N) is 2. The molecule has 7 atom stereocenters. The minimum atomic E-state index is -1.31. The third kappa shape index (κ3) is 14.4. The first-order valence-corrected chi connectivity index (χ1v) is 23.3. The number of aromatic nitrogens is 2. The van der Waals surface area contributed by atoms with Gasteiger partial charge in [-0.25, -0.2) is 4.98 Å². The molecule has 22 nitrogen and oxygen atoms in total. The van der Waals surface area contributed by atoms with Crippen LogP contribution in [0.15, 0.2) is 54.9 Å². The zero-order valence-corrected chi connectivity index (χ0v) is 37.9. The van der Waals surface area contributed by atoms with E-state index in [-0.39, 0.29) is 76.5 Å². The van der Waals surface area contributed by atoms with Crippen LogP contribution in [0.1, 0.15) is 75.3 Å². The molecule has 22 heteroatoms. The number of aliphatic hydroxyl groups excluding tert-OH is 2. The molecule has 0 bridgehead atoms. The fraction of sp³-hybridized carbons (Fsp3) is 0.543. The summed E-state index contributed by atoms with van der Waals surface area (Å²) in [5.41, 5.74) is 7.39. The smallest absolute Gasteiger partial charge is 0.317 e. The van der Waals surface area contributed by atoms with Crippen LogP contribution in [0.2, 0.25) is 0 Å². The fourth-order valence-electron chi connectivity index (χ4n) is 9.16. The summed E-state index contributed by atoms with van der Waals surface area (Å²) in [5.74, 6) is -5.73. The van der Waals surface area contributed by atoms with Crippen molar-refractivity contribution in [1.29, 1.82) is 5.41 Å². The quantitative estimate of drug-likeness (QED) is 0.0464. The van der Waals surface area contributed by atoms with Crippen LogP contribution in [-0.4, -0.2) is 152 Å². The van der Waals surface area contributed by atoms with Crippen LogP contribution in [0.5, 0.6) is 0 Å². The van der Waals surface area contributed by atoms with E-state index < -0.39 is 96.4 Å². The SMILES string of the molecule is N=C(N)NCCC[C@@H]1NC(=O)[C@H](Cc2c[nH]c3ncccc23)NC(=O)[C@@H](C[C@H]2CC[C@@H](O)CC2)NC(=O)[C@@H]2C[C@@H](O)CN2C(=O)[C@@H](NC(=O)C(Cc2ccccc2)NCC(=O)O)CCCNC1=O. The van der Waals surface area contributed by atoms with Gasteiger partial charge >= 0.3 is 5.97 Å². The van der Waals surface area contributed by atoms with Crippen LogP contribution in [0.4, 0.5) is 0 Å². The topological polar surface area (TPSA) is 346 Å². The number of H-pyrrole nitrogens is 1. The Labute approximate surface area is 393 Å². The van der Waals surface area contributed by atoms with E-state index in [1.165, 1.54) is 4.90 Å². The van der Waals surface area contributed by atoms with Crippen LogP contribution in [0.3, 0.4) is 0 Å². The zero-order valence-electron chi connectivity index (χ0n) is 37.9. The minimum Gasteiger partial charge on any atom is -0.480 e. The molecule has 6 rings (SSSR count). The summed E-state index contributed by atoms with van der Waals surface area (Å²) in [6.07, 6.45) is 4.12. The fourth-order valence-corrected chi connectivity index (χ4v) is 9.16. The third-order valence-electron chi connectivity index (χ3n) is 12.8. The molecule has 3 fully saturated rings. The number of pyridine rings is 1. The Hall–Kier alpha value is -6.65. The van der Waals surface area contributed by atoms with Crippen molar-refractivity contribution in [1.82, 2.24) is 52.1 Å². The maximum atomic E-state index is 14.7. The van der Waals surface area contributed by atoms with Crippen molar-refractivity contribution in [3.63, 3.8) is 0 Å². The minimum absolute atomic E-state index is 0.0316. The molecule has 3 aliphatic rings. The molecule has 68 heavy (non-hydrogen) atoms. The van der Waals surface area contributed by atoms with Gasteiger partial charge in [0.25, 0.3) is 0 Å². The Kier molecular flexibility index (Phi) is 18.2. The highest BCUT2D eigenvalue weighted by molar-refractivity contribution is 5.97. The van der Waals surface area contributed by atoms with E-state index in [0.717, 1.165) is 0 Å². The number of carboxylic acids is 1. The standard InChI is InChI=1S/C46H64N12O10/c47-46(48)51-18-5-10-32-40(63)50-17-6-11-33(55-41(64)34(52-24-38(61)62)19-26-7-2-1-3-8-26)45(68)58-25-30(60)22-37(58)44(67)57-35(20-27-12-14-29(59)15-13-27)42(65)56-36(43(66)54-32)21-28-23-53-39-31(28)9-4-16-49-39/h1-4,7-9,16,23,27,29-30,32-37,52,59-60H,5-6,10-15,17-22,24-25H2,(H,49,53)(H,50,63)(H,54,66)(H,55,64)(H,56,65)(H,57,67)(H,61,62)(H4,47,48,51)/t27-,29+,30-,32+,33+,34?,35-,36+,37+/m1/s1. The first-order valence-electron chi connectivity index (χ1n) is 23.3. The molecule has 0 radical (unpaired) electrons. The first-order chi connectivity index (χ1) is 32.6. The second-order valence-electron chi connectivity index (χ2n) is 17.9. The molecule has 1 aliphatic carbocycles. The predicted octanol–water partition coefficient (Wildman–Crippen LogP) is -1.59. The summed E-state index contributed by atoms with van der Waals surface area (Å²) >= 11 is 0. The summed E-state index contributed by atoms with van der Waals surface area (Å²) in [7, 11) is 0. The lowest BCUT2D eigenvalue weighted by atomic mass is 9.83. The highest BCUT2D eigenvalue weighted by Crippen LogP contribution is 2.29. The van der Waals surface area contributed by atoms with Gasteiger partial charge in [0.15, 0.2) is 5.96 Å². The lowest BCUT2D eigenvalue weighted by Gasteiger charge is -2.32. The molecular formula is C46H64N12O10. The molecule has 0 spiro atoms. The molecular weight excluding hydrogens is 881 g/mol. The average molecular weight is 945 g/mol. The number of nitrogens with two attached hydrogens (primary N) is 1. The number of benzene rings is 1. The van der Waals surface area contributed by atoms with Crippen molar-refractivity contribution in [2.45, 2.75) is 126 Å². The second-order valence-corrected chi connectivity index (χ2v) is 17.9. The maximum absolute atomic E-state index is 14.7. The number of hydrogen-bond acceptors (Lipinski definition) is 12. The van der Waals surface area contributed by atoms with Crippen molar-refractivity contribution >= 4 is 58.4 Å². The summed E-state index contributed by atoms with van der Waals surface area (Å²) in [6, 6.07) is 5.04. The van der Waals surface area contributed by atoms with Crippen LogP contribution >= 0.6 is 0 Å². The van der Waals surface area contributed by atoms with Crippen LogP contribution in [-0.2, 0) is 46.4 Å². The van der Waals surface area contributed by atoms with E-state index in [0.29, 0.717) is 54.3 Å². The van der Waals surface area contributed by atoms with Gasteiger partial charge in [0, 0.05) is 50.3 Å². The van der Waals surface area contributed by atoms with Gasteiger partial charge in [0.05, 0.1) is 24.8 Å². The molecule has 6 amide bonds. The van der Waals surface area contributed by atoms with Gasteiger partial charge in [-0.1, -0.05) is 30.3 Å². The van der Waals surface area contributed by atoms with Gasteiger partial charge in [0.1, 0.15) is 35.9 Å². The van der Waals surface area contributed by atoms with Crippen molar-refractivity contribution in [2.75, 3.05) is 26.2 Å². The van der Waals surface area contributed by atoms with Crippen molar-refractivity contribution in [3.8, 4) is 0 Å². The average Bonchev–Trinajstić information content (AvgIpc) is 3.92. The molecule has 14 N–H and O–H groups in total. The molecule has 2 aromatic heterocycles. The summed E-state index contributed by atoms with van der Waals surface area (Å²) in [5, 5.41) is 58.4. The molecule has 1 unspecified atom stereocenters. The Morgan fingerprint density at radius 3 is 2.34 bits per heavy atom. The van der Waals surface area contributed by atoms with Gasteiger partial charge in [-0.2, -0.15) is 0 Å². The molecule has 4 heterocycles. The number of aliphatic hydroxyl groups is 2. The maximum Gasteiger partial charge on any atom is 0.317 e. The number of aliphatic carboxylic acids is 1. The van der Waals surface area contributed by atoms with E-state index in [2.05, 4.69) is 47.2 Å². The summed E-state index contributed by atoms with van der Waals surface area (Å²) in [6.45, 7) is -0.657. The van der Waals surface area contributed by atoms with Gasteiger partial charge < -0.3 is 62.8 Å². The van der Waals surface area contributed by atoms with Gasteiger partial charge in [-0.05, 0) is 93.4 Å². The van der Waals surface area contributed by atoms with Crippen molar-refractivity contribution in [2.24, 2.45) is 11.7 Å². The molecule has 1 saturated carbocycles. The number of carbonyl (C=O) groups excluding carboxylic acids is 6. The molecule has 1 aromatic carbocycles. The van der Waals surface area contributed by atoms with E-state index in [9.17, 15) is 48.9 Å². The number of carbonyl (C=O) groups is 7. The van der Waals surface area contributed by atoms with E-state index in [1.807, 2.05) is 6.07 Å². The largest absolute Gasteiger partial charge is 0.480 e. The predicted molar refractivity (Wildman–Crippen MR) is 247 cm³/mol. The van der Waals surface area contributed by atoms with Crippen LogP contribution < -0.4 is 43.0 Å². The molecule has 368 valence electrons. The van der Waals surface area contributed by atoms with E-state index in [4.69, 9.17) is 11.1 Å². The number of rotatable bonds is 15. The lowest BCUT2D eigenvalue weighted by molar-refractivity contribution is -0.143. The summed E-state index contributed by atoms with van der Waals surface area (Å²) in [4.78, 5) is 106. The number of fused-ring (bicyclic) bond motifs is 2. The normalized spacial score (nSPS) is 26.0. The number of carboxylic acid groups (broad SMARTS) is 1.